The second-order valence-electron chi connectivity index (χ2n) is 5.64. The molecule has 156 valence electrons. The number of benzene rings is 1. The van der Waals surface area contributed by atoms with Gasteiger partial charge in [-0.2, -0.15) is 8.78 Å². The van der Waals surface area contributed by atoms with E-state index in [1.807, 2.05) is 31.2 Å². The van der Waals surface area contributed by atoms with E-state index in [1.54, 1.807) is 0 Å². The highest BCUT2D eigenvalue weighted by atomic mass is 31.2. The lowest BCUT2D eigenvalue weighted by molar-refractivity contribution is -0.0106. The smallest absolute Gasteiger partial charge is 0.399 e. The Labute approximate surface area is 159 Å². The molecule has 0 radical (unpaired) electrons. The molecule has 0 saturated heterocycles. The van der Waals surface area contributed by atoms with Crippen molar-refractivity contribution in [3.05, 3.63) is 29.8 Å². The van der Waals surface area contributed by atoms with Crippen LogP contribution in [0.1, 0.15) is 25.8 Å². The molecule has 1 rings (SSSR count). The normalized spacial score (nSPS) is 12.3. The third kappa shape index (κ3) is 8.66. The fourth-order valence-electron chi connectivity index (χ4n) is 2.14. The Kier molecular flexibility index (Phi) is 11.0. The molecule has 0 unspecified atom stereocenters. The highest BCUT2D eigenvalue weighted by Gasteiger charge is 2.52. The molecule has 0 N–H and O–H groups in total. The van der Waals surface area contributed by atoms with Crippen molar-refractivity contribution >= 4 is 7.60 Å². The number of halogens is 2. The van der Waals surface area contributed by atoms with E-state index >= 15 is 0 Å². The van der Waals surface area contributed by atoms with E-state index in [4.69, 9.17) is 23.3 Å². The molecule has 0 bridgehead atoms. The quantitative estimate of drug-likeness (QED) is 0.310. The summed E-state index contributed by atoms with van der Waals surface area (Å²) in [5.41, 5.74) is -2.49. The standard InChI is InChI=1S/C18H29F2O6P/c1-4-25-27(21,26-5-2)18(19,20)9-10-22-11-12-23-13-14-24-17-8-6-7-16(3)15-17/h6-8,15H,4-5,9-14H2,1-3H3. The minimum Gasteiger partial charge on any atom is -0.491 e. The van der Waals surface area contributed by atoms with Crippen LogP contribution in [-0.4, -0.2) is 51.9 Å². The first kappa shape index (κ1) is 24.0. The number of hydrogen-bond donors (Lipinski definition) is 0. The van der Waals surface area contributed by atoms with Gasteiger partial charge in [0, 0.05) is 6.42 Å². The van der Waals surface area contributed by atoms with Gasteiger partial charge in [-0.1, -0.05) is 12.1 Å². The van der Waals surface area contributed by atoms with E-state index in [9.17, 15) is 13.3 Å². The van der Waals surface area contributed by atoms with Gasteiger partial charge < -0.3 is 23.3 Å². The van der Waals surface area contributed by atoms with Crippen molar-refractivity contribution in [1.82, 2.24) is 0 Å². The van der Waals surface area contributed by atoms with Crippen molar-refractivity contribution in [2.24, 2.45) is 0 Å². The Morgan fingerprint density at radius 3 is 2.15 bits per heavy atom. The molecular formula is C18H29F2O6P. The lowest BCUT2D eigenvalue weighted by Crippen LogP contribution is -2.23. The summed E-state index contributed by atoms with van der Waals surface area (Å²) in [5.74, 6) is 0.769. The van der Waals surface area contributed by atoms with Gasteiger partial charge in [-0.25, -0.2) is 0 Å². The van der Waals surface area contributed by atoms with E-state index in [2.05, 4.69) is 0 Å². The Bertz CT molecular complexity index is 575. The number of rotatable bonds is 15. The van der Waals surface area contributed by atoms with Gasteiger partial charge in [0.15, 0.2) is 0 Å². The summed E-state index contributed by atoms with van der Waals surface area (Å²) in [7, 11) is -4.49. The van der Waals surface area contributed by atoms with Gasteiger partial charge >= 0.3 is 13.3 Å². The largest absolute Gasteiger partial charge is 0.491 e. The lowest BCUT2D eigenvalue weighted by atomic mass is 10.2. The van der Waals surface area contributed by atoms with Crippen LogP contribution in [0.3, 0.4) is 0 Å². The highest BCUT2D eigenvalue weighted by Crippen LogP contribution is 2.63. The van der Waals surface area contributed by atoms with Crippen LogP contribution in [0, 0.1) is 6.92 Å². The van der Waals surface area contributed by atoms with Gasteiger partial charge in [0.1, 0.15) is 12.4 Å². The second kappa shape index (κ2) is 12.4. The predicted molar refractivity (Wildman–Crippen MR) is 98.7 cm³/mol. The fraction of sp³-hybridized carbons (Fsp3) is 0.667. The molecule has 0 spiro atoms. The van der Waals surface area contributed by atoms with E-state index < -0.39 is 19.7 Å². The molecule has 0 atom stereocenters. The van der Waals surface area contributed by atoms with Gasteiger partial charge in [-0.15, -0.1) is 0 Å². The monoisotopic (exact) mass is 410 g/mol. The molecule has 0 saturated carbocycles. The van der Waals surface area contributed by atoms with E-state index in [0.29, 0.717) is 13.2 Å². The van der Waals surface area contributed by atoms with Crippen LogP contribution in [0.15, 0.2) is 24.3 Å². The molecule has 27 heavy (non-hydrogen) atoms. The van der Waals surface area contributed by atoms with Crippen molar-refractivity contribution < 1.29 is 36.6 Å². The van der Waals surface area contributed by atoms with Crippen molar-refractivity contribution in [2.45, 2.75) is 32.9 Å². The zero-order valence-corrected chi connectivity index (χ0v) is 17.0. The number of aryl methyl sites for hydroxylation is 1. The molecule has 1 aromatic carbocycles. The SMILES string of the molecule is CCOP(=O)(OCC)C(F)(F)CCOCCOCCOc1cccc(C)c1. The fourth-order valence-corrected chi connectivity index (χ4v) is 3.64. The zero-order valence-electron chi connectivity index (χ0n) is 16.1. The van der Waals surface area contributed by atoms with Gasteiger partial charge in [-0.3, -0.25) is 4.57 Å². The van der Waals surface area contributed by atoms with Crippen LogP contribution < -0.4 is 4.74 Å². The molecule has 0 heterocycles. The third-order valence-corrected chi connectivity index (χ3v) is 5.63. The number of hydrogen-bond acceptors (Lipinski definition) is 6. The van der Waals surface area contributed by atoms with Gasteiger partial charge in [0.25, 0.3) is 0 Å². The van der Waals surface area contributed by atoms with E-state index in [-0.39, 0.29) is 33.0 Å². The summed E-state index contributed by atoms with van der Waals surface area (Å²) >= 11 is 0. The van der Waals surface area contributed by atoms with E-state index in [0.717, 1.165) is 11.3 Å². The first-order valence-electron chi connectivity index (χ1n) is 8.96. The van der Waals surface area contributed by atoms with Crippen LogP contribution in [0.2, 0.25) is 0 Å². The molecule has 0 aromatic heterocycles. The van der Waals surface area contributed by atoms with Crippen molar-refractivity contribution in [1.29, 1.82) is 0 Å². The average Bonchev–Trinajstić information content (AvgIpc) is 2.60. The molecule has 0 fully saturated rings. The maximum Gasteiger partial charge on any atom is 0.399 e. The van der Waals surface area contributed by atoms with Crippen LogP contribution in [0.25, 0.3) is 0 Å². The molecule has 9 heteroatoms. The van der Waals surface area contributed by atoms with Crippen molar-refractivity contribution in [3.8, 4) is 5.75 Å². The maximum atomic E-state index is 14.1. The highest BCUT2D eigenvalue weighted by molar-refractivity contribution is 7.55. The predicted octanol–water partition coefficient (Wildman–Crippen LogP) is 4.66. The summed E-state index contributed by atoms with van der Waals surface area (Å²) < 4.78 is 65.6. The number of alkyl halides is 2. The van der Waals surface area contributed by atoms with Gasteiger partial charge in [0.05, 0.1) is 39.6 Å². The van der Waals surface area contributed by atoms with Crippen LogP contribution in [0.4, 0.5) is 8.78 Å². The Morgan fingerprint density at radius 2 is 1.56 bits per heavy atom. The Hall–Kier alpha value is -1.05. The molecule has 0 aliphatic rings. The molecular weight excluding hydrogens is 381 g/mol. The zero-order chi connectivity index (χ0) is 20.2. The summed E-state index contributed by atoms with van der Waals surface area (Å²) in [6, 6.07) is 7.67. The van der Waals surface area contributed by atoms with Crippen molar-refractivity contribution in [3.63, 3.8) is 0 Å². The maximum absolute atomic E-state index is 14.1. The second-order valence-corrected chi connectivity index (χ2v) is 7.80. The van der Waals surface area contributed by atoms with Crippen LogP contribution in [0.5, 0.6) is 5.75 Å². The first-order valence-corrected chi connectivity index (χ1v) is 10.5. The number of ether oxygens (including phenoxy) is 3. The van der Waals surface area contributed by atoms with Crippen LogP contribution in [-0.2, 0) is 23.1 Å². The minimum absolute atomic E-state index is 0.119. The summed E-state index contributed by atoms with van der Waals surface area (Å²) in [4.78, 5) is 0. The molecule has 0 amide bonds. The van der Waals surface area contributed by atoms with Gasteiger partial charge in [0.2, 0.25) is 0 Å². The van der Waals surface area contributed by atoms with E-state index in [1.165, 1.54) is 13.8 Å². The summed E-state index contributed by atoms with van der Waals surface area (Å²) in [6.45, 7) is 5.57. The van der Waals surface area contributed by atoms with Gasteiger partial charge in [-0.05, 0) is 38.5 Å². The summed E-state index contributed by atoms with van der Waals surface area (Å²) in [5, 5.41) is 0. The van der Waals surface area contributed by atoms with Crippen LogP contribution >= 0.6 is 7.60 Å². The topological polar surface area (TPSA) is 63.2 Å². The minimum atomic E-state index is -4.49. The molecule has 0 aliphatic heterocycles. The molecule has 1 aromatic rings. The first-order chi connectivity index (χ1) is 12.8. The molecule has 0 aliphatic carbocycles. The lowest BCUT2D eigenvalue weighted by Gasteiger charge is -2.25. The Morgan fingerprint density at radius 1 is 0.963 bits per heavy atom. The molecule has 6 nitrogen and oxygen atoms in total. The average molecular weight is 410 g/mol. The van der Waals surface area contributed by atoms with Crippen molar-refractivity contribution in [2.75, 3.05) is 46.2 Å². The summed E-state index contributed by atoms with van der Waals surface area (Å²) in [6.07, 6.45) is -0.749. The third-order valence-electron chi connectivity index (χ3n) is 3.40. The Balaban J connectivity index is 2.14.